The summed E-state index contributed by atoms with van der Waals surface area (Å²) >= 11 is 14.5. The Kier molecular flexibility index (Phi) is 5.02. The van der Waals surface area contributed by atoms with E-state index in [-0.39, 0.29) is 22.9 Å². The molecule has 1 aromatic carbocycles. The van der Waals surface area contributed by atoms with Crippen molar-refractivity contribution in [2.45, 2.75) is 56.5 Å². The Bertz CT molecular complexity index is 1710. The molecule has 4 aliphatic rings. The van der Waals surface area contributed by atoms with Gasteiger partial charge in [-0.15, -0.1) is 21.5 Å². The Morgan fingerprint density at radius 3 is 2.62 bits per heavy atom. The smallest absolute Gasteiger partial charge is 0.224 e. The fourth-order valence-electron chi connectivity index (χ4n) is 6.10. The van der Waals surface area contributed by atoms with E-state index in [0.29, 0.717) is 22.9 Å². The largest absolute Gasteiger partial charge is 0.345 e. The first-order valence-electron chi connectivity index (χ1n) is 13.2. The quantitative estimate of drug-likeness (QED) is 0.339. The van der Waals surface area contributed by atoms with Gasteiger partial charge in [-0.25, -0.2) is 0 Å². The van der Waals surface area contributed by atoms with Crippen molar-refractivity contribution in [3.05, 3.63) is 91.6 Å². The van der Waals surface area contributed by atoms with Crippen molar-refractivity contribution in [3.8, 4) is 5.00 Å². The summed E-state index contributed by atoms with van der Waals surface area (Å²) in [5.74, 6) is 1.69. The molecule has 0 unspecified atom stereocenters. The Hall–Kier alpha value is -3.07. The first kappa shape index (κ1) is 23.8. The van der Waals surface area contributed by atoms with E-state index in [9.17, 15) is 4.79 Å². The van der Waals surface area contributed by atoms with Gasteiger partial charge in [0.1, 0.15) is 16.4 Å². The number of carbonyl (C=O) groups excluding carboxylic acids is 1. The zero-order valence-electron chi connectivity index (χ0n) is 21.2. The second-order valence-corrected chi connectivity index (χ2v) is 13.0. The fraction of sp³-hybridized carbons (Fsp3) is 0.345. The summed E-state index contributed by atoms with van der Waals surface area (Å²) in [6, 6.07) is 11.7. The van der Waals surface area contributed by atoms with Crippen LogP contribution in [0.3, 0.4) is 0 Å². The molecule has 196 valence electrons. The van der Waals surface area contributed by atoms with E-state index in [1.807, 2.05) is 43.3 Å². The fourth-order valence-corrected chi connectivity index (χ4v) is 7.90. The Morgan fingerprint density at radius 2 is 1.90 bits per heavy atom. The molecule has 1 spiro atoms. The summed E-state index contributed by atoms with van der Waals surface area (Å²) in [4.78, 5) is 24.7. The van der Waals surface area contributed by atoms with Gasteiger partial charge in [-0.2, -0.15) is 0 Å². The molecule has 4 heterocycles. The SMILES string of the molecule is Cc1nnc2n1-c1sc3c(c1C(c1ccccc1Cl)=NC21CC1)C[C@H](C(=O)NC1(c2ccc(Cl)cn2)CC1)C3. The molecule has 0 saturated heterocycles. The summed E-state index contributed by atoms with van der Waals surface area (Å²) in [5, 5.41) is 14.7. The standard InChI is InChI=1S/C29H24Cl2N6OS/c1-15-35-36-27-29(10-11-29)33-24(18-4-2-3-5-20(18)31)23-19-12-16(13-21(19)39-26(23)37(15)27)25(38)34-28(8-9-28)22-7-6-17(30)14-32-22/h2-7,14,16H,8-13H2,1H3,(H,34,38)/t16-/m0/s1. The first-order chi connectivity index (χ1) is 18.9. The summed E-state index contributed by atoms with van der Waals surface area (Å²) in [6.07, 6.45) is 6.64. The molecule has 3 aliphatic carbocycles. The molecule has 0 radical (unpaired) electrons. The van der Waals surface area contributed by atoms with Crippen LogP contribution in [0.25, 0.3) is 5.00 Å². The molecule has 1 atom stereocenters. The number of rotatable bonds is 4. The normalized spacial score (nSPS) is 21.0. The van der Waals surface area contributed by atoms with Gasteiger partial charge in [0.05, 0.1) is 22.0 Å². The van der Waals surface area contributed by atoms with Gasteiger partial charge < -0.3 is 5.32 Å². The highest BCUT2D eigenvalue weighted by molar-refractivity contribution is 7.15. The second-order valence-electron chi connectivity index (χ2n) is 11.1. The maximum atomic E-state index is 13.6. The van der Waals surface area contributed by atoms with Crippen molar-refractivity contribution < 1.29 is 4.79 Å². The minimum absolute atomic E-state index is 0.0751. The predicted molar refractivity (Wildman–Crippen MR) is 151 cm³/mol. The topological polar surface area (TPSA) is 85.1 Å². The molecule has 1 amide bonds. The van der Waals surface area contributed by atoms with Crippen molar-refractivity contribution in [3.63, 3.8) is 0 Å². The number of amides is 1. The van der Waals surface area contributed by atoms with Crippen LogP contribution in [0, 0.1) is 12.8 Å². The van der Waals surface area contributed by atoms with Crippen LogP contribution in [0.4, 0.5) is 0 Å². The monoisotopic (exact) mass is 574 g/mol. The zero-order chi connectivity index (χ0) is 26.5. The van der Waals surface area contributed by atoms with Gasteiger partial charge >= 0.3 is 0 Å². The number of nitrogens with zero attached hydrogens (tertiary/aromatic N) is 5. The van der Waals surface area contributed by atoms with Crippen LogP contribution in [-0.2, 0) is 28.7 Å². The number of aromatic nitrogens is 4. The number of aliphatic imine (C=N–C) groups is 1. The number of halogens is 2. The van der Waals surface area contributed by atoms with E-state index in [2.05, 4.69) is 25.1 Å². The minimum Gasteiger partial charge on any atom is -0.345 e. The molecule has 8 rings (SSSR count). The molecule has 0 bridgehead atoms. The molecule has 10 heteroatoms. The third kappa shape index (κ3) is 3.58. The number of hydrogen-bond acceptors (Lipinski definition) is 6. The minimum atomic E-state index is -0.383. The van der Waals surface area contributed by atoms with Crippen molar-refractivity contribution in [2.24, 2.45) is 10.9 Å². The zero-order valence-corrected chi connectivity index (χ0v) is 23.5. The van der Waals surface area contributed by atoms with Crippen molar-refractivity contribution in [2.75, 3.05) is 0 Å². The number of carbonyl (C=O) groups is 1. The number of benzene rings is 1. The lowest BCUT2D eigenvalue weighted by atomic mass is 9.97. The first-order valence-corrected chi connectivity index (χ1v) is 14.8. The summed E-state index contributed by atoms with van der Waals surface area (Å²) < 4.78 is 2.19. The Morgan fingerprint density at radius 1 is 1.08 bits per heavy atom. The molecule has 1 aliphatic heterocycles. The highest BCUT2D eigenvalue weighted by atomic mass is 35.5. The van der Waals surface area contributed by atoms with E-state index in [1.54, 1.807) is 17.5 Å². The number of thiophene rings is 1. The van der Waals surface area contributed by atoms with Crippen molar-refractivity contribution in [1.82, 2.24) is 25.1 Å². The van der Waals surface area contributed by atoms with E-state index < -0.39 is 0 Å². The highest BCUT2D eigenvalue weighted by Crippen LogP contribution is 2.54. The van der Waals surface area contributed by atoms with Crippen molar-refractivity contribution in [1.29, 1.82) is 0 Å². The van der Waals surface area contributed by atoms with Gasteiger partial charge in [0, 0.05) is 33.1 Å². The van der Waals surface area contributed by atoms with Gasteiger partial charge in [-0.1, -0.05) is 41.4 Å². The third-order valence-corrected chi connectivity index (χ3v) is 10.3. The van der Waals surface area contributed by atoms with Gasteiger partial charge in [0.25, 0.3) is 0 Å². The second kappa shape index (κ2) is 8.22. The maximum absolute atomic E-state index is 13.6. The molecule has 2 fully saturated rings. The summed E-state index contributed by atoms with van der Waals surface area (Å²) in [7, 11) is 0. The average Bonchev–Trinajstić information content (AvgIpc) is 3.76. The van der Waals surface area contributed by atoms with Crippen LogP contribution in [0.15, 0.2) is 47.6 Å². The van der Waals surface area contributed by atoms with Crippen LogP contribution in [0.1, 0.15) is 64.6 Å². The number of pyridine rings is 1. The van der Waals surface area contributed by atoms with Crippen molar-refractivity contribution >= 4 is 46.2 Å². The molecular formula is C29H24Cl2N6OS. The van der Waals surface area contributed by atoms with Gasteiger partial charge in [0.2, 0.25) is 5.91 Å². The molecule has 3 aromatic heterocycles. The van der Waals surface area contributed by atoms with Crippen LogP contribution in [0.5, 0.6) is 0 Å². The van der Waals surface area contributed by atoms with E-state index in [0.717, 1.165) is 64.9 Å². The Labute approximate surface area is 239 Å². The Balaban J connectivity index is 1.19. The maximum Gasteiger partial charge on any atom is 0.224 e. The number of hydrogen-bond donors (Lipinski definition) is 1. The summed E-state index contributed by atoms with van der Waals surface area (Å²) in [6.45, 7) is 2.00. The lowest BCUT2D eigenvalue weighted by Crippen LogP contribution is -2.39. The average molecular weight is 576 g/mol. The van der Waals surface area contributed by atoms with Gasteiger partial charge in [-0.3, -0.25) is 19.3 Å². The van der Waals surface area contributed by atoms with Crippen LogP contribution >= 0.6 is 34.5 Å². The van der Waals surface area contributed by atoms with Gasteiger partial charge in [0.15, 0.2) is 5.82 Å². The predicted octanol–water partition coefficient (Wildman–Crippen LogP) is 5.70. The van der Waals surface area contributed by atoms with Crippen LogP contribution in [0.2, 0.25) is 10.0 Å². The van der Waals surface area contributed by atoms with E-state index >= 15 is 0 Å². The highest BCUT2D eigenvalue weighted by Gasteiger charge is 2.53. The molecule has 39 heavy (non-hydrogen) atoms. The molecular weight excluding hydrogens is 551 g/mol. The molecule has 7 nitrogen and oxygen atoms in total. The third-order valence-electron chi connectivity index (χ3n) is 8.51. The molecule has 2 saturated carbocycles. The number of fused-ring (bicyclic) bond motifs is 6. The molecule has 1 N–H and O–H groups in total. The van der Waals surface area contributed by atoms with Crippen LogP contribution < -0.4 is 5.32 Å². The lowest BCUT2D eigenvalue weighted by molar-refractivity contribution is -0.125. The number of nitrogens with one attached hydrogen (secondary N) is 1. The van der Waals surface area contributed by atoms with E-state index in [4.69, 9.17) is 28.2 Å². The summed E-state index contributed by atoms with van der Waals surface area (Å²) in [5.41, 5.74) is 4.21. The lowest BCUT2D eigenvalue weighted by Gasteiger charge is -2.20. The van der Waals surface area contributed by atoms with Crippen LogP contribution in [-0.4, -0.2) is 31.4 Å². The number of aryl methyl sites for hydroxylation is 1. The van der Waals surface area contributed by atoms with E-state index in [1.165, 1.54) is 10.4 Å². The van der Waals surface area contributed by atoms with Gasteiger partial charge in [-0.05, 0) is 69.2 Å². The molecule has 4 aromatic rings.